The van der Waals surface area contributed by atoms with Crippen molar-refractivity contribution >= 4 is 11.7 Å². The maximum absolute atomic E-state index is 14.2. The number of hydrogen-bond donors (Lipinski definition) is 2. The highest BCUT2D eigenvalue weighted by Gasteiger charge is 2.39. The van der Waals surface area contributed by atoms with Gasteiger partial charge < -0.3 is 10.6 Å². The third kappa shape index (κ3) is 5.70. The standard InChI is InChI=1S/C23H24F4N2O2/c1-28-19-9-6-16(7-10-19)22(31)29-13-18-12-17(8-11-20(18)24)14-2-4-15(5-3-14)21(30)23(25,26)27/h2-5,8,11-12,16,19,28H,6-7,9-10,13H2,1H3,(H,29,31). The zero-order valence-electron chi connectivity index (χ0n) is 17.1. The van der Waals surface area contributed by atoms with Crippen LogP contribution >= 0.6 is 0 Å². The van der Waals surface area contributed by atoms with Gasteiger partial charge in [-0.05, 0) is 56.0 Å². The lowest BCUT2D eigenvalue weighted by molar-refractivity contribution is -0.126. The van der Waals surface area contributed by atoms with E-state index in [1.165, 1.54) is 24.3 Å². The number of ketones is 1. The monoisotopic (exact) mass is 436 g/mol. The molecule has 0 heterocycles. The van der Waals surface area contributed by atoms with Gasteiger partial charge in [0, 0.05) is 29.6 Å². The van der Waals surface area contributed by atoms with Crippen LogP contribution in [0.3, 0.4) is 0 Å². The van der Waals surface area contributed by atoms with Crippen LogP contribution in [0.15, 0.2) is 42.5 Å². The molecule has 0 aromatic heterocycles. The first kappa shape index (κ1) is 22.9. The fraction of sp³-hybridized carbons (Fsp3) is 0.391. The molecule has 1 aliphatic carbocycles. The molecular formula is C23H24F4N2O2. The number of nitrogens with one attached hydrogen (secondary N) is 2. The predicted octanol–water partition coefficient (Wildman–Crippen LogP) is 4.63. The van der Waals surface area contributed by atoms with Gasteiger partial charge in [0.15, 0.2) is 0 Å². The second-order valence-corrected chi connectivity index (χ2v) is 7.77. The minimum Gasteiger partial charge on any atom is -0.352 e. The molecule has 0 saturated heterocycles. The normalized spacial score (nSPS) is 19.1. The van der Waals surface area contributed by atoms with E-state index in [0.717, 1.165) is 37.8 Å². The number of carbonyl (C=O) groups is 2. The summed E-state index contributed by atoms with van der Waals surface area (Å²) in [6.07, 6.45) is -1.53. The molecule has 0 radical (unpaired) electrons. The van der Waals surface area contributed by atoms with Gasteiger partial charge >= 0.3 is 6.18 Å². The molecule has 31 heavy (non-hydrogen) atoms. The van der Waals surface area contributed by atoms with Crippen molar-refractivity contribution in [1.82, 2.24) is 10.6 Å². The topological polar surface area (TPSA) is 58.2 Å². The largest absolute Gasteiger partial charge is 0.454 e. The molecular weight excluding hydrogens is 412 g/mol. The molecule has 0 atom stereocenters. The maximum Gasteiger partial charge on any atom is 0.454 e. The van der Waals surface area contributed by atoms with Crippen LogP contribution in [0.1, 0.15) is 41.6 Å². The lowest BCUT2D eigenvalue weighted by Crippen LogP contribution is -2.37. The van der Waals surface area contributed by atoms with E-state index in [-0.39, 0.29) is 23.9 Å². The van der Waals surface area contributed by atoms with Crippen molar-refractivity contribution in [2.45, 2.75) is 44.4 Å². The lowest BCUT2D eigenvalue weighted by Gasteiger charge is -2.27. The average molecular weight is 436 g/mol. The molecule has 2 aromatic carbocycles. The summed E-state index contributed by atoms with van der Waals surface area (Å²) in [5, 5.41) is 6.00. The van der Waals surface area contributed by atoms with Gasteiger partial charge in [-0.1, -0.05) is 30.3 Å². The zero-order valence-corrected chi connectivity index (χ0v) is 17.1. The molecule has 1 saturated carbocycles. The van der Waals surface area contributed by atoms with Gasteiger partial charge in [0.2, 0.25) is 5.91 Å². The molecule has 4 nitrogen and oxygen atoms in total. The van der Waals surface area contributed by atoms with Crippen molar-refractivity contribution in [1.29, 1.82) is 0 Å². The molecule has 0 unspecified atom stereocenters. The first-order valence-electron chi connectivity index (χ1n) is 10.1. The van der Waals surface area contributed by atoms with Crippen molar-refractivity contribution in [2.75, 3.05) is 7.05 Å². The van der Waals surface area contributed by atoms with Gasteiger partial charge in [-0.2, -0.15) is 13.2 Å². The Morgan fingerprint density at radius 3 is 2.16 bits per heavy atom. The summed E-state index contributed by atoms with van der Waals surface area (Å²) in [5.74, 6) is -2.58. The number of rotatable bonds is 6. The highest BCUT2D eigenvalue weighted by Crippen LogP contribution is 2.27. The molecule has 1 fully saturated rings. The summed E-state index contributed by atoms with van der Waals surface area (Å²) >= 11 is 0. The maximum atomic E-state index is 14.2. The van der Waals surface area contributed by atoms with Gasteiger partial charge in [-0.15, -0.1) is 0 Å². The Kier molecular flexibility index (Phi) is 7.10. The third-order valence-corrected chi connectivity index (χ3v) is 5.74. The van der Waals surface area contributed by atoms with Gasteiger partial charge in [-0.3, -0.25) is 9.59 Å². The first-order valence-corrected chi connectivity index (χ1v) is 10.1. The minimum atomic E-state index is -4.94. The Bertz CT molecular complexity index is 934. The zero-order chi connectivity index (χ0) is 22.6. The second kappa shape index (κ2) is 9.60. The SMILES string of the molecule is CNC1CCC(C(=O)NCc2cc(-c3ccc(C(=O)C(F)(F)F)cc3)ccc2F)CC1. The molecule has 2 aromatic rings. The quantitative estimate of drug-likeness (QED) is 0.513. The van der Waals surface area contributed by atoms with Crippen LogP contribution in [0.2, 0.25) is 0 Å². The number of alkyl halides is 3. The molecule has 1 aliphatic rings. The van der Waals surface area contributed by atoms with Crippen LogP contribution in [-0.4, -0.2) is 31.0 Å². The molecule has 1 amide bonds. The van der Waals surface area contributed by atoms with Gasteiger partial charge in [0.25, 0.3) is 5.78 Å². The van der Waals surface area contributed by atoms with Crippen molar-refractivity contribution in [3.63, 3.8) is 0 Å². The van der Waals surface area contributed by atoms with Crippen LogP contribution < -0.4 is 10.6 Å². The van der Waals surface area contributed by atoms with Crippen molar-refractivity contribution in [3.8, 4) is 11.1 Å². The Labute approximate surface area is 178 Å². The van der Waals surface area contributed by atoms with E-state index in [1.807, 2.05) is 7.05 Å². The Hall–Kier alpha value is -2.74. The third-order valence-electron chi connectivity index (χ3n) is 5.74. The molecule has 0 bridgehead atoms. The van der Waals surface area contributed by atoms with Gasteiger partial charge in [0.1, 0.15) is 5.82 Å². The lowest BCUT2D eigenvalue weighted by atomic mass is 9.85. The van der Waals surface area contributed by atoms with Gasteiger partial charge in [0.05, 0.1) is 0 Å². The molecule has 2 N–H and O–H groups in total. The molecule has 3 rings (SSSR count). The van der Waals surface area contributed by atoms with Crippen molar-refractivity contribution in [2.24, 2.45) is 5.92 Å². The smallest absolute Gasteiger partial charge is 0.352 e. The summed E-state index contributed by atoms with van der Waals surface area (Å²) in [7, 11) is 1.91. The highest BCUT2D eigenvalue weighted by atomic mass is 19.4. The van der Waals surface area contributed by atoms with E-state index >= 15 is 0 Å². The van der Waals surface area contributed by atoms with E-state index in [1.54, 1.807) is 6.07 Å². The molecule has 8 heteroatoms. The Balaban J connectivity index is 1.66. The summed E-state index contributed by atoms with van der Waals surface area (Å²) in [6.45, 7) is 0.0229. The van der Waals surface area contributed by atoms with Crippen molar-refractivity contribution < 1.29 is 27.2 Å². The molecule has 0 spiro atoms. The first-order chi connectivity index (χ1) is 14.7. The number of carbonyl (C=O) groups excluding carboxylic acids is 2. The van der Waals surface area contributed by atoms with E-state index in [0.29, 0.717) is 17.2 Å². The van der Waals surface area contributed by atoms with Crippen LogP contribution in [0.25, 0.3) is 11.1 Å². The van der Waals surface area contributed by atoms with E-state index < -0.39 is 23.3 Å². The number of benzene rings is 2. The molecule has 0 aliphatic heterocycles. The highest BCUT2D eigenvalue weighted by molar-refractivity contribution is 6.00. The number of hydrogen-bond acceptors (Lipinski definition) is 3. The number of halogens is 4. The fourth-order valence-electron chi connectivity index (χ4n) is 3.84. The average Bonchev–Trinajstić information content (AvgIpc) is 2.77. The fourth-order valence-corrected chi connectivity index (χ4v) is 3.84. The van der Waals surface area contributed by atoms with Crippen LogP contribution in [0.5, 0.6) is 0 Å². The summed E-state index contributed by atoms with van der Waals surface area (Å²) in [6, 6.07) is 9.69. The predicted molar refractivity (Wildman–Crippen MR) is 109 cm³/mol. The van der Waals surface area contributed by atoms with E-state index in [2.05, 4.69) is 10.6 Å². The second-order valence-electron chi connectivity index (χ2n) is 7.77. The number of amides is 1. The Morgan fingerprint density at radius 1 is 0.968 bits per heavy atom. The Morgan fingerprint density at radius 2 is 1.58 bits per heavy atom. The van der Waals surface area contributed by atoms with E-state index in [9.17, 15) is 27.2 Å². The summed E-state index contributed by atoms with van der Waals surface area (Å²) < 4.78 is 51.9. The number of Topliss-reactive ketones (excluding diaryl/α,β-unsaturated/α-hetero) is 1. The molecule has 166 valence electrons. The summed E-state index contributed by atoms with van der Waals surface area (Å²) in [4.78, 5) is 23.7. The van der Waals surface area contributed by atoms with Gasteiger partial charge in [-0.25, -0.2) is 4.39 Å². The summed E-state index contributed by atoms with van der Waals surface area (Å²) in [5.41, 5.74) is 0.937. The van der Waals surface area contributed by atoms with Crippen LogP contribution in [-0.2, 0) is 11.3 Å². The van der Waals surface area contributed by atoms with Crippen molar-refractivity contribution in [3.05, 3.63) is 59.4 Å². The van der Waals surface area contributed by atoms with Crippen LogP contribution in [0, 0.1) is 11.7 Å². The minimum absolute atomic E-state index is 0.0229. The van der Waals surface area contributed by atoms with Crippen LogP contribution in [0.4, 0.5) is 17.6 Å². The van der Waals surface area contributed by atoms with E-state index in [4.69, 9.17) is 0 Å².